The molecule has 2 N–H and O–H groups in total. The number of hydrogen-bond acceptors (Lipinski definition) is 4. The van der Waals surface area contributed by atoms with E-state index in [9.17, 15) is 4.79 Å². The third-order valence-electron chi connectivity index (χ3n) is 3.21. The summed E-state index contributed by atoms with van der Waals surface area (Å²) in [5, 5.41) is 12.2. The van der Waals surface area contributed by atoms with Crippen LogP contribution < -0.4 is 10.1 Å². The molecule has 112 valence electrons. The smallest absolute Gasteiger partial charge is 0.372 e. The highest BCUT2D eigenvalue weighted by atomic mass is 16.5. The van der Waals surface area contributed by atoms with Crippen LogP contribution in [0.1, 0.15) is 27.4 Å². The van der Waals surface area contributed by atoms with Crippen LogP contribution in [0.4, 0.5) is 0 Å². The molecule has 1 aromatic carbocycles. The number of benzene rings is 1. The zero-order valence-corrected chi connectivity index (χ0v) is 12.2. The maximum Gasteiger partial charge on any atom is 0.372 e. The van der Waals surface area contributed by atoms with Crippen LogP contribution in [0, 0.1) is 6.92 Å². The summed E-state index contributed by atoms with van der Waals surface area (Å²) in [6.07, 6.45) is 0.884. The van der Waals surface area contributed by atoms with Crippen molar-refractivity contribution in [3.63, 3.8) is 0 Å². The number of aromatic carboxylic acids is 1. The summed E-state index contributed by atoms with van der Waals surface area (Å²) in [6.45, 7) is 3.03. The Morgan fingerprint density at radius 2 is 2.05 bits per heavy atom. The summed E-state index contributed by atoms with van der Waals surface area (Å²) in [5.74, 6) is 0.470. The maximum absolute atomic E-state index is 10.9. The number of hydrogen-bond donors (Lipinski definition) is 2. The first-order chi connectivity index (χ1) is 10.1. The predicted molar refractivity (Wildman–Crippen MR) is 78.8 cm³/mol. The SMILES string of the molecule is COc1ccc(CCNCc2cc(C)c(C(=O)O)o2)cc1. The molecule has 0 aliphatic rings. The molecule has 0 radical (unpaired) electrons. The number of rotatable bonds is 7. The number of carbonyl (C=O) groups is 1. The van der Waals surface area contributed by atoms with Gasteiger partial charge in [0.05, 0.1) is 13.7 Å². The minimum absolute atomic E-state index is 0.0157. The predicted octanol–water partition coefficient (Wildman–Crippen LogP) is 2.63. The van der Waals surface area contributed by atoms with E-state index in [4.69, 9.17) is 14.3 Å². The van der Waals surface area contributed by atoms with Gasteiger partial charge in [-0.25, -0.2) is 4.79 Å². The molecule has 1 heterocycles. The Balaban J connectivity index is 1.79. The largest absolute Gasteiger partial charge is 0.497 e. The number of furan rings is 1. The Morgan fingerprint density at radius 1 is 1.33 bits per heavy atom. The van der Waals surface area contributed by atoms with Crippen molar-refractivity contribution < 1.29 is 19.1 Å². The molecule has 5 heteroatoms. The summed E-state index contributed by atoms with van der Waals surface area (Å²) in [4.78, 5) is 10.9. The van der Waals surface area contributed by atoms with Gasteiger partial charge in [0.25, 0.3) is 0 Å². The van der Waals surface area contributed by atoms with E-state index in [0.29, 0.717) is 17.9 Å². The fourth-order valence-electron chi connectivity index (χ4n) is 2.08. The number of ether oxygens (including phenoxy) is 1. The fourth-order valence-corrected chi connectivity index (χ4v) is 2.08. The standard InChI is InChI=1S/C16H19NO4/c1-11-9-14(21-15(11)16(18)19)10-17-8-7-12-3-5-13(20-2)6-4-12/h3-6,9,17H,7-8,10H2,1-2H3,(H,18,19). The van der Waals surface area contributed by atoms with Crippen LogP contribution in [0.2, 0.25) is 0 Å². The van der Waals surface area contributed by atoms with Crippen LogP contribution in [0.5, 0.6) is 5.75 Å². The molecule has 0 saturated carbocycles. The molecule has 0 atom stereocenters. The van der Waals surface area contributed by atoms with Crippen molar-refractivity contribution in [2.45, 2.75) is 19.9 Å². The number of aryl methyl sites for hydroxylation is 1. The van der Waals surface area contributed by atoms with Crippen LogP contribution >= 0.6 is 0 Å². The van der Waals surface area contributed by atoms with Gasteiger partial charge in [0.15, 0.2) is 0 Å². The second kappa shape index (κ2) is 6.95. The maximum atomic E-state index is 10.9. The number of carboxylic acid groups (broad SMARTS) is 1. The lowest BCUT2D eigenvalue weighted by atomic mass is 10.1. The van der Waals surface area contributed by atoms with Crippen molar-refractivity contribution in [3.05, 3.63) is 53.0 Å². The summed E-state index contributed by atoms with van der Waals surface area (Å²) in [7, 11) is 1.65. The first kappa shape index (κ1) is 15.1. The van der Waals surface area contributed by atoms with E-state index in [1.54, 1.807) is 20.1 Å². The van der Waals surface area contributed by atoms with Crippen LogP contribution in [0.25, 0.3) is 0 Å². The molecule has 2 aromatic rings. The first-order valence-electron chi connectivity index (χ1n) is 6.76. The van der Waals surface area contributed by atoms with Gasteiger partial charge in [0.2, 0.25) is 5.76 Å². The molecule has 0 aliphatic carbocycles. The molecule has 0 saturated heterocycles. The van der Waals surface area contributed by atoms with Crippen molar-refractivity contribution >= 4 is 5.97 Å². The molecule has 5 nitrogen and oxygen atoms in total. The van der Waals surface area contributed by atoms with Gasteiger partial charge in [-0.15, -0.1) is 0 Å². The van der Waals surface area contributed by atoms with Crippen molar-refractivity contribution in [1.82, 2.24) is 5.32 Å². The van der Waals surface area contributed by atoms with E-state index in [2.05, 4.69) is 5.32 Å². The Morgan fingerprint density at radius 3 is 2.62 bits per heavy atom. The minimum Gasteiger partial charge on any atom is -0.497 e. The molecular weight excluding hydrogens is 270 g/mol. The summed E-state index contributed by atoms with van der Waals surface area (Å²) >= 11 is 0. The summed E-state index contributed by atoms with van der Waals surface area (Å²) in [5.41, 5.74) is 1.86. The molecule has 0 spiro atoms. The number of carboxylic acids is 1. The Kier molecular flexibility index (Phi) is 5.00. The second-order valence-electron chi connectivity index (χ2n) is 4.80. The van der Waals surface area contributed by atoms with Gasteiger partial charge < -0.3 is 19.6 Å². The highest BCUT2D eigenvalue weighted by Gasteiger charge is 2.13. The Hall–Kier alpha value is -2.27. The monoisotopic (exact) mass is 289 g/mol. The Bertz CT molecular complexity index is 601. The lowest BCUT2D eigenvalue weighted by Gasteiger charge is -2.04. The molecule has 0 bridgehead atoms. The highest BCUT2D eigenvalue weighted by molar-refractivity contribution is 5.86. The second-order valence-corrected chi connectivity index (χ2v) is 4.80. The molecule has 0 amide bonds. The van der Waals surface area contributed by atoms with Crippen LogP contribution in [-0.2, 0) is 13.0 Å². The topological polar surface area (TPSA) is 71.7 Å². The summed E-state index contributed by atoms with van der Waals surface area (Å²) in [6, 6.07) is 9.68. The van der Waals surface area contributed by atoms with E-state index in [-0.39, 0.29) is 5.76 Å². The van der Waals surface area contributed by atoms with Crippen molar-refractivity contribution in [1.29, 1.82) is 0 Å². The van der Waals surface area contributed by atoms with Crippen molar-refractivity contribution in [2.75, 3.05) is 13.7 Å². The molecule has 2 rings (SSSR count). The molecule has 0 unspecified atom stereocenters. The van der Waals surface area contributed by atoms with Gasteiger partial charge in [0.1, 0.15) is 11.5 Å². The molecule has 0 fully saturated rings. The van der Waals surface area contributed by atoms with Gasteiger partial charge in [-0.2, -0.15) is 0 Å². The molecule has 21 heavy (non-hydrogen) atoms. The number of methoxy groups -OCH3 is 1. The van der Waals surface area contributed by atoms with Crippen LogP contribution in [-0.4, -0.2) is 24.7 Å². The Labute approximate surface area is 123 Å². The normalized spacial score (nSPS) is 10.6. The summed E-state index contributed by atoms with van der Waals surface area (Å²) < 4.78 is 10.4. The zero-order chi connectivity index (χ0) is 15.2. The zero-order valence-electron chi connectivity index (χ0n) is 12.2. The van der Waals surface area contributed by atoms with Gasteiger partial charge in [-0.05, 0) is 43.7 Å². The van der Waals surface area contributed by atoms with Gasteiger partial charge >= 0.3 is 5.97 Å². The first-order valence-corrected chi connectivity index (χ1v) is 6.76. The third-order valence-corrected chi connectivity index (χ3v) is 3.21. The molecule has 1 aromatic heterocycles. The quantitative estimate of drug-likeness (QED) is 0.767. The van der Waals surface area contributed by atoms with E-state index < -0.39 is 5.97 Å². The average Bonchev–Trinajstić information content (AvgIpc) is 2.85. The van der Waals surface area contributed by atoms with Gasteiger partial charge in [0, 0.05) is 5.56 Å². The lowest BCUT2D eigenvalue weighted by molar-refractivity contribution is 0.0659. The van der Waals surface area contributed by atoms with E-state index in [0.717, 1.165) is 18.7 Å². The van der Waals surface area contributed by atoms with Crippen molar-refractivity contribution in [3.8, 4) is 5.75 Å². The fraction of sp³-hybridized carbons (Fsp3) is 0.312. The molecular formula is C16H19NO4. The highest BCUT2D eigenvalue weighted by Crippen LogP contribution is 2.14. The van der Waals surface area contributed by atoms with E-state index in [1.807, 2.05) is 24.3 Å². The van der Waals surface area contributed by atoms with E-state index >= 15 is 0 Å². The van der Waals surface area contributed by atoms with Gasteiger partial charge in [-0.3, -0.25) is 0 Å². The minimum atomic E-state index is -1.03. The van der Waals surface area contributed by atoms with E-state index in [1.165, 1.54) is 5.56 Å². The van der Waals surface area contributed by atoms with Crippen LogP contribution in [0.3, 0.4) is 0 Å². The van der Waals surface area contributed by atoms with Crippen LogP contribution in [0.15, 0.2) is 34.7 Å². The third kappa shape index (κ3) is 4.10. The lowest BCUT2D eigenvalue weighted by Crippen LogP contribution is -2.16. The number of nitrogens with one attached hydrogen (secondary N) is 1. The van der Waals surface area contributed by atoms with Crippen molar-refractivity contribution in [2.24, 2.45) is 0 Å². The molecule has 0 aliphatic heterocycles. The average molecular weight is 289 g/mol. The van der Waals surface area contributed by atoms with Gasteiger partial charge in [-0.1, -0.05) is 12.1 Å².